The van der Waals surface area contributed by atoms with Crippen LogP contribution in [0.15, 0.2) is 41.4 Å². The lowest BCUT2D eigenvalue weighted by atomic mass is 10.0. The summed E-state index contributed by atoms with van der Waals surface area (Å²) < 4.78 is 11.0. The van der Waals surface area contributed by atoms with Crippen molar-refractivity contribution in [2.24, 2.45) is 4.99 Å². The normalized spacial score (nSPS) is 13.6. The molecule has 5 nitrogen and oxygen atoms in total. The number of ketones is 1. The highest BCUT2D eigenvalue weighted by Crippen LogP contribution is 2.35. The van der Waals surface area contributed by atoms with Gasteiger partial charge in [-0.1, -0.05) is 35.5 Å². The highest BCUT2D eigenvalue weighted by atomic mass is 32.2. The van der Waals surface area contributed by atoms with Crippen LogP contribution in [-0.4, -0.2) is 44.0 Å². The summed E-state index contributed by atoms with van der Waals surface area (Å²) in [5.41, 5.74) is 3.65. The molecule has 0 atom stereocenters. The van der Waals surface area contributed by atoms with Crippen LogP contribution in [0.5, 0.6) is 11.5 Å². The number of amidine groups is 1. The second-order valence-corrected chi connectivity index (χ2v) is 7.79. The van der Waals surface area contributed by atoms with E-state index in [0.717, 1.165) is 46.3 Å². The molecule has 3 rings (SSSR count). The maximum atomic E-state index is 13.2. The van der Waals surface area contributed by atoms with E-state index in [1.807, 2.05) is 55.1 Å². The van der Waals surface area contributed by atoms with Crippen molar-refractivity contribution in [1.29, 1.82) is 0 Å². The van der Waals surface area contributed by atoms with Gasteiger partial charge in [0.2, 0.25) is 0 Å². The number of carbonyl (C=O) groups is 1. The van der Waals surface area contributed by atoms with Crippen molar-refractivity contribution in [3.05, 3.63) is 53.1 Å². The van der Waals surface area contributed by atoms with Gasteiger partial charge in [-0.15, -0.1) is 0 Å². The maximum Gasteiger partial charge on any atom is 0.182 e. The molecule has 28 heavy (non-hydrogen) atoms. The van der Waals surface area contributed by atoms with Gasteiger partial charge >= 0.3 is 0 Å². The van der Waals surface area contributed by atoms with Gasteiger partial charge in [0, 0.05) is 23.9 Å². The Kier molecular flexibility index (Phi) is 6.62. The molecule has 6 heteroatoms. The molecule has 2 aromatic carbocycles. The van der Waals surface area contributed by atoms with Crippen molar-refractivity contribution in [3.63, 3.8) is 0 Å². The number of methoxy groups -OCH3 is 2. The van der Waals surface area contributed by atoms with E-state index in [1.54, 1.807) is 26.0 Å². The second-order valence-electron chi connectivity index (χ2n) is 6.73. The van der Waals surface area contributed by atoms with Gasteiger partial charge in [-0.05, 0) is 38.0 Å². The molecule has 2 aromatic rings. The summed E-state index contributed by atoms with van der Waals surface area (Å²) >= 11 is 1.67. The van der Waals surface area contributed by atoms with E-state index in [4.69, 9.17) is 9.47 Å². The van der Waals surface area contributed by atoms with Crippen LogP contribution in [-0.2, 0) is 0 Å². The molecule has 0 unspecified atom stereocenters. The number of benzene rings is 2. The number of hydrogen-bond acceptors (Lipinski definition) is 6. The first kappa shape index (κ1) is 20.3. The molecule has 1 aliphatic rings. The van der Waals surface area contributed by atoms with Crippen LogP contribution in [0.1, 0.15) is 27.9 Å². The number of ether oxygens (including phenoxy) is 2. The van der Waals surface area contributed by atoms with Crippen LogP contribution in [0.3, 0.4) is 0 Å². The largest absolute Gasteiger partial charge is 0.497 e. The summed E-state index contributed by atoms with van der Waals surface area (Å²) in [5.74, 6) is 2.43. The van der Waals surface area contributed by atoms with E-state index in [0.29, 0.717) is 11.5 Å². The second kappa shape index (κ2) is 9.15. The Morgan fingerprint density at radius 2 is 1.96 bits per heavy atom. The average Bonchev–Trinajstić information content (AvgIpc) is 2.72. The minimum atomic E-state index is 0.0521. The molecule has 0 saturated carbocycles. The molecule has 0 saturated heterocycles. The van der Waals surface area contributed by atoms with E-state index in [9.17, 15) is 4.79 Å². The Bertz CT molecular complexity index is 895. The third kappa shape index (κ3) is 4.50. The molecule has 0 amide bonds. The zero-order chi connectivity index (χ0) is 20.1. The quantitative estimate of drug-likeness (QED) is 0.671. The molecule has 0 aromatic heterocycles. The van der Waals surface area contributed by atoms with Crippen LogP contribution in [0.4, 0.5) is 5.69 Å². The van der Waals surface area contributed by atoms with Gasteiger partial charge in [0.1, 0.15) is 11.5 Å². The third-order valence-electron chi connectivity index (χ3n) is 4.67. The van der Waals surface area contributed by atoms with E-state index in [2.05, 4.69) is 4.99 Å². The fraction of sp³-hybridized carbons (Fsp3) is 0.364. The van der Waals surface area contributed by atoms with Crippen LogP contribution in [0, 0.1) is 13.8 Å². The number of anilines is 1. The number of aliphatic imine (C=N–C) groups is 1. The number of rotatable bonds is 6. The SMILES string of the molecule is COc1ccc(OC)c(N(CC(=O)c2ccc(C)cc2C)C2=NCCCS2)c1. The number of thioether (sulfide) groups is 1. The van der Waals surface area contributed by atoms with Crippen LogP contribution in [0.25, 0.3) is 0 Å². The van der Waals surface area contributed by atoms with Crippen LogP contribution < -0.4 is 14.4 Å². The molecule has 0 bridgehead atoms. The molecule has 0 radical (unpaired) electrons. The van der Waals surface area contributed by atoms with Crippen LogP contribution >= 0.6 is 11.8 Å². The van der Waals surface area contributed by atoms with E-state index in [-0.39, 0.29) is 12.3 Å². The smallest absolute Gasteiger partial charge is 0.182 e. The number of carbonyl (C=O) groups excluding carboxylic acids is 1. The highest BCUT2D eigenvalue weighted by molar-refractivity contribution is 8.14. The zero-order valence-electron chi connectivity index (χ0n) is 16.8. The van der Waals surface area contributed by atoms with Gasteiger partial charge in [0.25, 0.3) is 0 Å². The third-order valence-corrected chi connectivity index (χ3v) is 5.77. The van der Waals surface area contributed by atoms with Crippen molar-refractivity contribution in [1.82, 2.24) is 0 Å². The number of aryl methyl sites for hydroxylation is 2. The van der Waals surface area contributed by atoms with E-state index < -0.39 is 0 Å². The van der Waals surface area contributed by atoms with Crippen molar-refractivity contribution in [2.45, 2.75) is 20.3 Å². The topological polar surface area (TPSA) is 51.1 Å². The summed E-state index contributed by atoms with van der Waals surface area (Å²) in [6.45, 7) is 4.97. The lowest BCUT2D eigenvalue weighted by Crippen LogP contribution is -2.36. The monoisotopic (exact) mass is 398 g/mol. The molecular weight excluding hydrogens is 372 g/mol. The summed E-state index contributed by atoms with van der Waals surface area (Å²) in [4.78, 5) is 19.8. The Labute approximate surface area is 170 Å². The Hall–Kier alpha value is -2.47. The van der Waals surface area contributed by atoms with Crippen molar-refractivity contribution in [2.75, 3.05) is 38.0 Å². The summed E-state index contributed by atoms with van der Waals surface area (Å²) in [6.07, 6.45) is 1.04. The summed E-state index contributed by atoms with van der Waals surface area (Å²) in [7, 11) is 3.26. The lowest BCUT2D eigenvalue weighted by molar-refractivity contribution is 0.100. The van der Waals surface area contributed by atoms with Crippen molar-refractivity contribution in [3.8, 4) is 11.5 Å². The Morgan fingerprint density at radius 1 is 1.14 bits per heavy atom. The first-order valence-corrected chi connectivity index (χ1v) is 10.3. The van der Waals surface area contributed by atoms with Gasteiger partial charge in [0.15, 0.2) is 11.0 Å². The van der Waals surface area contributed by atoms with Crippen molar-refractivity contribution >= 4 is 28.4 Å². The summed E-state index contributed by atoms with van der Waals surface area (Å²) in [6, 6.07) is 11.5. The predicted molar refractivity (Wildman–Crippen MR) is 117 cm³/mol. The van der Waals surface area contributed by atoms with Gasteiger partial charge in [-0.25, -0.2) is 0 Å². The molecular formula is C22H26N2O3S. The minimum absolute atomic E-state index is 0.0521. The first-order valence-electron chi connectivity index (χ1n) is 9.30. The standard InChI is InChI=1S/C22H26N2O3S/c1-15-6-8-18(16(2)12-15)20(25)14-24(22-23-10-5-11-28-22)19-13-17(26-3)7-9-21(19)27-4/h6-9,12-13H,5,10-11,14H2,1-4H3. The molecule has 148 valence electrons. The lowest BCUT2D eigenvalue weighted by Gasteiger charge is -2.28. The average molecular weight is 399 g/mol. The van der Waals surface area contributed by atoms with Gasteiger partial charge in [0.05, 0.1) is 26.5 Å². The van der Waals surface area contributed by atoms with Crippen LogP contribution in [0.2, 0.25) is 0 Å². The number of hydrogen-bond donors (Lipinski definition) is 0. The van der Waals surface area contributed by atoms with Gasteiger partial charge < -0.3 is 14.4 Å². The van der Waals surface area contributed by atoms with E-state index >= 15 is 0 Å². The zero-order valence-corrected chi connectivity index (χ0v) is 17.6. The van der Waals surface area contributed by atoms with Gasteiger partial charge in [-0.3, -0.25) is 9.79 Å². The fourth-order valence-corrected chi connectivity index (χ4v) is 4.19. The molecule has 1 heterocycles. The molecule has 0 fully saturated rings. The molecule has 0 N–H and O–H groups in total. The fourth-order valence-electron chi connectivity index (χ4n) is 3.23. The van der Waals surface area contributed by atoms with E-state index in [1.165, 1.54) is 0 Å². The van der Waals surface area contributed by atoms with Crippen molar-refractivity contribution < 1.29 is 14.3 Å². The van der Waals surface area contributed by atoms with Gasteiger partial charge in [-0.2, -0.15) is 0 Å². The highest BCUT2D eigenvalue weighted by Gasteiger charge is 2.24. The molecule has 0 aliphatic carbocycles. The predicted octanol–water partition coefficient (Wildman–Crippen LogP) is 4.50. The number of nitrogens with zero attached hydrogens (tertiary/aromatic N) is 2. The molecule has 0 spiro atoms. The maximum absolute atomic E-state index is 13.2. The number of Topliss-reactive ketones (excluding diaryl/α,β-unsaturated/α-hetero) is 1. The Balaban J connectivity index is 2.01. The molecule has 1 aliphatic heterocycles. The summed E-state index contributed by atoms with van der Waals surface area (Å²) in [5, 5.41) is 0.843. The Morgan fingerprint density at radius 3 is 2.61 bits per heavy atom. The minimum Gasteiger partial charge on any atom is -0.497 e. The first-order chi connectivity index (χ1) is 13.5.